The van der Waals surface area contributed by atoms with E-state index >= 15 is 0 Å². The summed E-state index contributed by atoms with van der Waals surface area (Å²) in [5.74, 6) is -0.893. The lowest BCUT2D eigenvalue weighted by molar-refractivity contribution is -0.114. The highest BCUT2D eigenvalue weighted by Crippen LogP contribution is 2.20. The van der Waals surface area contributed by atoms with Crippen LogP contribution in [0, 0.1) is 17.1 Å². The molecule has 2 rings (SSSR count). The first-order chi connectivity index (χ1) is 11.9. The zero-order valence-corrected chi connectivity index (χ0v) is 13.8. The minimum Gasteiger partial charge on any atom is -0.326 e. The predicted molar refractivity (Wildman–Crippen MR) is 92.3 cm³/mol. The number of nitriles is 1. The standard InChI is InChI=1S/C18H17FN4O2/c1-12(24)21-15-7-8-16(19)17(9-15)22-18(25)23(2)11-14-5-3-13(10-20)4-6-14/h3-9H,11H2,1-2H3,(H,21,24)(H,22,25). The zero-order valence-electron chi connectivity index (χ0n) is 13.8. The summed E-state index contributed by atoms with van der Waals surface area (Å²) in [4.78, 5) is 24.7. The van der Waals surface area contributed by atoms with Gasteiger partial charge in [-0.05, 0) is 35.9 Å². The highest BCUT2D eigenvalue weighted by molar-refractivity contribution is 5.92. The maximum absolute atomic E-state index is 13.9. The number of urea groups is 1. The summed E-state index contributed by atoms with van der Waals surface area (Å²) in [6.45, 7) is 1.64. The number of carbonyl (C=O) groups excluding carboxylic acids is 2. The fourth-order valence-corrected chi connectivity index (χ4v) is 2.14. The number of carbonyl (C=O) groups is 2. The van der Waals surface area contributed by atoms with Gasteiger partial charge in [-0.3, -0.25) is 4.79 Å². The molecule has 0 radical (unpaired) electrons. The third-order valence-electron chi connectivity index (χ3n) is 3.38. The monoisotopic (exact) mass is 340 g/mol. The van der Waals surface area contributed by atoms with Gasteiger partial charge in [-0.15, -0.1) is 0 Å². The molecule has 0 atom stereocenters. The van der Waals surface area contributed by atoms with Gasteiger partial charge in [0.2, 0.25) is 5.91 Å². The summed E-state index contributed by atoms with van der Waals surface area (Å²) in [5, 5.41) is 13.8. The molecule has 2 N–H and O–H groups in total. The number of hydrogen-bond acceptors (Lipinski definition) is 3. The Morgan fingerprint density at radius 2 is 1.84 bits per heavy atom. The summed E-state index contributed by atoms with van der Waals surface area (Å²) < 4.78 is 13.9. The first kappa shape index (κ1) is 17.9. The van der Waals surface area contributed by atoms with Gasteiger partial charge in [0.25, 0.3) is 0 Å². The second-order valence-corrected chi connectivity index (χ2v) is 5.47. The Bertz CT molecular complexity index is 828. The van der Waals surface area contributed by atoms with Gasteiger partial charge in [-0.1, -0.05) is 12.1 Å². The summed E-state index contributed by atoms with van der Waals surface area (Å²) in [6, 6.07) is 12.3. The molecule has 6 nitrogen and oxygen atoms in total. The molecule has 0 aliphatic carbocycles. The Labute approximate surface area is 144 Å². The van der Waals surface area contributed by atoms with Gasteiger partial charge in [0.05, 0.1) is 17.3 Å². The van der Waals surface area contributed by atoms with Gasteiger partial charge in [0.1, 0.15) is 5.82 Å². The zero-order chi connectivity index (χ0) is 18.4. The summed E-state index contributed by atoms with van der Waals surface area (Å²) >= 11 is 0. The summed E-state index contributed by atoms with van der Waals surface area (Å²) in [5.41, 5.74) is 1.73. The molecule has 2 aromatic rings. The quantitative estimate of drug-likeness (QED) is 0.895. The van der Waals surface area contributed by atoms with Gasteiger partial charge in [0, 0.05) is 26.2 Å². The van der Waals surface area contributed by atoms with Crippen LogP contribution in [0.1, 0.15) is 18.1 Å². The van der Waals surface area contributed by atoms with E-state index in [-0.39, 0.29) is 11.6 Å². The molecular formula is C18H17FN4O2. The first-order valence-corrected chi connectivity index (χ1v) is 7.47. The van der Waals surface area contributed by atoms with E-state index in [1.165, 1.54) is 30.0 Å². The number of anilines is 2. The van der Waals surface area contributed by atoms with Crippen LogP contribution in [-0.4, -0.2) is 23.9 Å². The molecule has 0 saturated heterocycles. The molecular weight excluding hydrogens is 323 g/mol. The maximum atomic E-state index is 13.9. The predicted octanol–water partition coefficient (Wildman–Crippen LogP) is 3.32. The van der Waals surface area contributed by atoms with Crippen LogP contribution in [0.15, 0.2) is 42.5 Å². The van der Waals surface area contributed by atoms with Crippen molar-refractivity contribution < 1.29 is 14.0 Å². The molecule has 2 aromatic carbocycles. The summed E-state index contributed by atoms with van der Waals surface area (Å²) in [7, 11) is 1.57. The normalized spacial score (nSPS) is 9.84. The van der Waals surface area contributed by atoms with Gasteiger partial charge in [-0.2, -0.15) is 5.26 Å². The van der Waals surface area contributed by atoms with Crippen LogP contribution in [0.3, 0.4) is 0 Å². The number of nitrogens with one attached hydrogen (secondary N) is 2. The molecule has 0 fully saturated rings. The second kappa shape index (κ2) is 7.93. The lowest BCUT2D eigenvalue weighted by atomic mass is 10.1. The van der Waals surface area contributed by atoms with Crippen molar-refractivity contribution in [2.24, 2.45) is 0 Å². The van der Waals surface area contributed by atoms with Crippen LogP contribution < -0.4 is 10.6 Å². The Morgan fingerprint density at radius 3 is 2.44 bits per heavy atom. The lowest BCUT2D eigenvalue weighted by Crippen LogP contribution is -2.31. The average Bonchev–Trinajstić information content (AvgIpc) is 2.58. The Morgan fingerprint density at radius 1 is 1.16 bits per heavy atom. The molecule has 0 unspecified atom stereocenters. The van der Waals surface area contributed by atoms with Crippen molar-refractivity contribution in [1.29, 1.82) is 5.26 Å². The maximum Gasteiger partial charge on any atom is 0.321 e. The molecule has 0 aliphatic heterocycles. The van der Waals surface area contributed by atoms with Crippen LogP contribution in [0.2, 0.25) is 0 Å². The van der Waals surface area contributed by atoms with E-state index in [1.807, 2.05) is 6.07 Å². The number of benzene rings is 2. The third-order valence-corrected chi connectivity index (χ3v) is 3.38. The van der Waals surface area contributed by atoms with Crippen LogP contribution >= 0.6 is 0 Å². The molecule has 0 aliphatic rings. The van der Waals surface area contributed by atoms with Crippen molar-refractivity contribution in [3.63, 3.8) is 0 Å². The van der Waals surface area contributed by atoms with E-state index in [9.17, 15) is 14.0 Å². The van der Waals surface area contributed by atoms with Crippen molar-refractivity contribution in [3.8, 4) is 6.07 Å². The van der Waals surface area contributed by atoms with Crippen molar-refractivity contribution in [2.45, 2.75) is 13.5 Å². The van der Waals surface area contributed by atoms with Gasteiger partial charge in [0.15, 0.2) is 0 Å². The SMILES string of the molecule is CC(=O)Nc1ccc(F)c(NC(=O)N(C)Cc2ccc(C#N)cc2)c1. The van der Waals surface area contributed by atoms with Crippen molar-refractivity contribution >= 4 is 23.3 Å². The number of hydrogen-bond donors (Lipinski definition) is 2. The van der Waals surface area contributed by atoms with E-state index in [0.29, 0.717) is 17.8 Å². The lowest BCUT2D eigenvalue weighted by Gasteiger charge is -2.18. The topological polar surface area (TPSA) is 85.2 Å². The Hall–Kier alpha value is -3.40. The third kappa shape index (κ3) is 5.04. The molecule has 0 aromatic heterocycles. The highest BCUT2D eigenvalue weighted by atomic mass is 19.1. The van der Waals surface area contributed by atoms with Crippen molar-refractivity contribution in [1.82, 2.24) is 4.90 Å². The fourth-order valence-electron chi connectivity index (χ4n) is 2.14. The molecule has 0 bridgehead atoms. The van der Waals surface area contributed by atoms with E-state index in [4.69, 9.17) is 5.26 Å². The van der Waals surface area contributed by atoms with Gasteiger partial charge >= 0.3 is 6.03 Å². The van der Waals surface area contributed by atoms with Gasteiger partial charge in [-0.25, -0.2) is 9.18 Å². The Kier molecular flexibility index (Phi) is 5.69. The van der Waals surface area contributed by atoms with E-state index in [1.54, 1.807) is 31.3 Å². The fraction of sp³-hybridized carbons (Fsp3) is 0.167. The molecule has 25 heavy (non-hydrogen) atoms. The summed E-state index contributed by atoms with van der Waals surface area (Å²) in [6.07, 6.45) is 0. The minimum absolute atomic E-state index is 0.0251. The number of nitrogens with zero attached hydrogens (tertiary/aromatic N) is 2. The van der Waals surface area contributed by atoms with Crippen LogP contribution in [0.5, 0.6) is 0 Å². The molecule has 0 spiro atoms. The minimum atomic E-state index is -0.603. The second-order valence-electron chi connectivity index (χ2n) is 5.47. The number of amides is 3. The van der Waals surface area contributed by atoms with Crippen LogP contribution in [-0.2, 0) is 11.3 Å². The average molecular weight is 340 g/mol. The van der Waals surface area contributed by atoms with Crippen molar-refractivity contribution in [2.75, 3.05) is 17.7 Å². The number of halogens is 1. The van der Waals surface area contributed by atoms with E-state index in [2.05, 4.69) is 10.6 Å². The molecule has 0 heterocycles. The largest absolute Gasteiger partial charge is 0.326 e. The highest BCUT2D eigenvalue weighted by Gasteiger charge is 2.13. The molecule has 7 heteroatoms. The first-order valence-electron chi connectivity index (χ1n) is 7.47. The van der Waals surface area contributed by atoms with Crippen molar-refractivity contribution in [3.05, 3.63) is 59.4 Å². The number of rotatable bonds is 4. The molecule has 3 amide bonds. The van der Waals surface area contributed by atoms with E-state index < -0.39 is 11.8 Å². The molecule has 128 valence electrons. The Balaban J connectivity index is 2.05. The van der Waals surface area contributed by atoms with Crippen LogP contribution in [0.25, 0.3) is 0 Å². The smallest absolute Gasteiger partial charge is 0.321 e. The molecule has 0 saturated carbocycles. The van der Waals surface area contributed by atoms with E-state index in [0.717, 1.165) is 5.56 Å². The van der Waals surface area contributed by atoms with Gasteiger partial charge < -0.3 is 15.5 Å². The van der Waals surface area contributed by atoms with Crippen LogP contribution in [0.4, 0.5) is 20.6 Å².